The van der Waals surface area contributed by atoms with E-state index in [-0.39, 0.29) is 6.10 Å². The average Bonchev–Trinajstić information content (AvgIpc) is 3.36. The molecule has 0 radical (unpaired) electrons. The van der Waals surface area contributed by atoms with E-state index in [4.69, 9.17) is 21.1 Å². The predicted molar refractivity (Wildman–Crippen MR) is 116 cm³/mol. The molecule has 0 amide bonds. The lowest BCUT2D eigenvalue weighted by molar-refractivity contribution is -0.0350. The molecule has 1 N–H and O–H groups in total. The van der Waals surface area contributed by atoms with E-state index < -0.39 is 0 Å². The van der Waals surface area contributed by atoms with Crippen LogP contribution >= 0.6 is 11.6 Å². The predicted octanol–water partition coefficient (Wildman–Crippen LogP) is 3.78. The fourth-order valence-corrected chi connectivity index (χ4v) is 3.84. The van der Waals surface area contributed by atoms with Crippen LogP contribution in [0.25, 0.3) is 0 Å². The topological polar surface area (TPSA) is 68.2 Å². The monoisotopic (exact) mass is 429 g/mol. The normalized spacial score (nSPS) is 17.4. The summed E-state index contributed by atoms with van der Waals surface area (Å²) in [6.07, 6.45) is 2.84. The first-order valence-corrected chi connectivity index (χ1v) is 10.8. The second-order valence-corrected chi connectivity index (χ2v) is 7.94. The molecule has 0 bridgehead atoms. The summed E-state index contributed by atoms with van der Waals surface area (Å²) in [7, 11) is 0. The molecular weight excluding hydrogens is 402 g/mol. The van der Waals surface area contributed by atoms with Crippen molar-refractivity contribution < 1.29 is 9.47 Å². The standard InChI is InChI=1S/C22H28ClN5O2/c1-3-28-14-17(16(2)26-28)13-27-9-11-30-22(15-27)20-12-18(24-25-20)8-10-29-21-7-5-4-6-19(21)23/h4-7,12,14,22H,3,8-11,13,15H2,1-2H3,(H,24,25). The van der Waals surface area contributed by atoms with Crippen LogP contribution in [0.4, 0.5) is 0 Å². The van der Waals surface area contributed by atoms with Crippen molar-refractivity contribution in [1.29, 1.82) is 0 Å². The lowest BCUT2D eigenvalue weighted by Crippen LogP contribution is -2.38. The van der Waals surface area contributed by atoms with Gasteiger partial charge in [-0.05, 0) is 32.0 Å². The Labute approximate surface area is 181 Å². The Kier molecular flexibility index (Phi) is 6.72. The number of rotatable bonds is 8. The van der Waals surface area contributed by atoms with Crippen molar-refractivity contribution in [3.05, 3.63) is 64.2 Å². The quantitative estimate of drug-likeness (QED) is 0.590. The molecule has 1 unspecified atom stereocenters. The van der Waals surface area contributed by atoms with E-state index in [0.29, 0.717) is 24.0 Å². The van der Waals surface area contributed by atoms with E-state index in [9.17, 15) is 0 Å². The summed E-state index contributed by atoms with van der Waals surface area (Å²) < 4.78 is 13.8. The second kappa shape index (κ2) is 9.64. The molecule has 3 aromatic rings. The smallest absolute Gasteiger partial charge is 0.137 e. The number of nitrogens with zero attached hydrogens (tertiary/aromatic N) is 4. The molecule has 30 heavy (non-hydrogen) atoms. The molecule has 1 aliphatic heterocycles. The van der Waals surface area contributed by atoms with Crippen LogP contribution < -0.4 is 4.74 Å². The number of para-hydroxylation sites is 1. The Morgan fingerprint density at radius 1 is 1.33 bits per heavy atom. The van der Waals surface area contributed by atoms with Gasteiger partial charge >= 0.3 is 0 Å². The molecule has 3 heterocycles. The van der Waals surface area contributed by atoms with Crippen LogP contribution in [-0.4, -0.2) is 51.2 Å². The summed E-state index contributed by atoms with van der Waals surface area (Å²) in [5.41, 5.74) is 4.34. The van der Waals surface area contributed by atoms with E-state index in [1.807, 2.05) is 28.9 Å². The van der Waals surface area contributed by atoms with Crippen molar-refractivity contribution in [2.24, 2.45) is 0 Å². The SMILES string of the molecule is CCn1cc(CN2CCOC(c3cc(CCOc4ccccc4Cl)[nH]n3)C2)c(C)n1. The van der Waals surface area contributed by atoms with E-state index >= 15 is 0 Å². The third-order valence-electron chi connectivity index (χ3n) is 5.36. The fraction of sp³-hybridized carbons (Fsp3) is 0.455. The van der Waals surface area contributed by atoms with Gasteiger partial charge in [-0.25, -0.2) is 0 Å². The molecule has 2 aromatic heterocycles. The number of morpholine rings is 1. The number of aromatic amines is 1. The van der Waals surface area contributed by atoms with Gasteiger partial charge in [0.2, 0.25) is 0 Å². The zero-order chi connectivity index (χ0) is 20.9. The van der Waals surface area contributed by atoms with E-state index in [1.165, 1.54) is 5.56 Å². The summed E-state index contributed by atoms with van der Waals surface area (Å²) >= 11 is 6.13. The second-order valence-electron chi connectivity index (χ2n) is 7.54. The van der Waals surface area contributed by atoms with Gasteiger partial charge in [-0.1, -0.05) is 23.7 Å². The first-order chi connectivity index (χ1) is 14.6. The van der Waals surface area contributed by atoms with E-state index in [0.717, 1.165) is 49.7 Å². The van der Waals surface area contributed by atoms with Crippen LogP contribution in [0.3, 0.4) is 0 Å². The van der Waals surface area contributed by atoms with Crippen molar-refractivity contribution in [1.82, 2.24) is 24.9 Å². The highest BCUT2D eigenvalue weighted by molar-refractivity contribution is 6.32. The number of halogens is 1. The highest BCUT2D eigenvalue weighted by Gasteiger charge is 2.25. The first kappa shape index (κ1) is 20.9. The number of hydrogen-bond donors (Lipinski definition) is 1. The Morgan fingerprint density at radius 3 is 3.00 bits per heavy atom. The minimum Gasteiger partial charge on any atom is -0.492 e. The molecule has 8 heteroatoms. The number of nitrogens with one attached hydrogen (secondary N) is 1. The highest BCUT2D eigenvalue weighted by Crippen LogP contribution is 2.25. The number of ether oxygens (including phenoxy) is 2. The molecular formula is C22H28ClN5O2. The van der Waals surface area contributed by atoms with Crippen LogP contribution in [0, 0.1) is 6.92 Å². The van der Waals surface area contributed by atoms with Crippen LogP contribution in [0.2, 0.25) is 5.02 Å². The van der Waals surface area contributed by atoms with Gasteiger partial charge in [-0.15, -0.1) is 0 Å². The molecule has 7 nitrogen and oxygen atoms in total. The minimum atomic E-state index is -0.0326. The lowest BCUT2D eigenvalue weighted by Gasteiger charge is -2.31. The Bertz CT molecular complexity index is 970. The Balaban J connectivity index is 1.31. The maximum atomic E-state index is 6.13. The van der Waals surface area contributed by atoms with E-state index in [2.05, 4.69) is 46.3 Å². The minimum absolute atomic E-state index is 0.0326. The number of H-pyrrole nitrogens is 1. The van der Waals surface area contributed by atoms with Gasteiger partial charge < -0.3 is 9.47 Å². The molecule has 1 aromatic carbocycles. The van der Waals surface area contributed by atoms with Crippen molar-refractivity contribution in [2.75, 3.05) is 26.3 Å². The molecule has 1 saturated heterocycles. The molecule has 4 rings (SSSR count). The zero-order valence-corrected chi connectivity index (χ0v) is 18.2. The number of hydrogen-bond acceptors (Lipinski definition) is 5. The summed E-state index contributed by atoms with van der Waals surface area (Å²) in [4.78, 5) is 2.41. The Morgan fingerprint density at radius 2 is 2.20 bits per heavy atom. The van der Waals surface area contributed by atoms with Crippen LogP contribution in [-0.2, 0) is 24.2 Å². The first-order valence-electron chi connectivity index (χ1n) is 10.4. The molecule has 160 valence electrons. The van der Waals surface area contributed by atoms with Gasteiger partial charge in [0.15, 0.2) is 0 Å². The third-order valence-corrected chi connectivity index (χ3v) is 5.68. The molecule has 0 spiro atoms. The molecule has 1 aliphatic rings. The number of aryl methyl sites for hydroxylation is 2. The fourth-order valence-electron chi connectivity index (χ4n) is 3.65. The highest BCUT2D eigenvalue weighted by atomic mass is 35.5. The summed E-state index contributed by atoms with van der Waals surface area (Å²) in [5.74, 6) is 0.701. The van der Waals surface area contributed by atoms with Gasteiger partial charge in [-0.3, -0.25) is 14.7 Å². The van der Waals surface area contributed by atoms with Crippen molar-refractivity contribution in [3.8, 4) is 5.75 Å². The van der Waals surface area contributed by atoms with Crippen molar-refractivity contribution >= 4 is 11.6 Å². The number of benzene rings is 1. The number of aromatic nitrogens is 4. The maximum absolute atomic E-state index is 6.13. The van der Waals surface area contributed by atoms with Crippen LogP contribution in [0.15, 0.2) is 36.5 Å². The summed E-state index contributed by atoms with van der Waals surface area (Å²) in [6.45, 7) is 8.91. The molecule has 1 atom stereocenters. The largest absolute Gasteiger partial charge is 0.492 e. The Hall–Kier alpha value is -2.35. The van der Waals surface area contributed by atoms with Crippen LogP contribution in [0.1, 0.15) is 35.7 Å². The molecule has 1 fully saturated rings. The van der Waals surface area contributed by atoms with Crippen molar-refractivity contribution in [2.45, 2.75) is 39.5 Å². The van der Waals surface area contributed by atoms with E-state index in [1.54, 1.807) is 0 Å². The van der Waals surface area contributed by atoms with Gasteiger partial charge in [0.1, 0.15) is 11.9 Å². The zero-order valence-electron chi connectivity index (χ0n) is 17.5. The molecule has 0 aliphatic carbocycles. The van der Waals surface area contributed by atoms with Crippen LogP contribution in [0.5, 0.6) is 5.75 Å². The van der Waals surface area contributed by atoms with Crippen molar-refractivity contribution in [3.63, 3.8) is 0 Å². The van der Waals surface area contributed by atoms with Gasteiger partial charge in [0.25, 0.3) is 0 Å². The average molecular weight is 430 g/mol. The molecule has 0 saturated carbocycles. The third kappa shape index (κ3) is 5.03. The summed E-state index contributed by atoms with van der Waals surface area (Å²) in [6, 6.07) is 9.57. The maximum Gasteiger partial charge on any atom is 0.137 e. The van der Waals surface area contributed by atoms with Gasteiger partial charge in [-0.2, -0.15) is 10.2 Å². The summed E-state index contributed by atoms with van der Waals surface area (Å²) in [5, 5.41) is 12.8. The lowest BCUT2D eigenvalue weighted by atomic mass is 10.1. The van der Waals surface area contributed by atoms with Gasteiger partial charge in [0.05, 0.1) is 29.6 Å². The van der Waals surface area contributed by atoms with Gasteiger partial charge in [0, 0.05) is 50.1 Å².